The minimum Gasteiger partial charge on any atom is -0.479 e. The first-order valence-electron chi connectivity index (χ1n) is 10.2. The molecule has 1 aliphatic rings. The molecule has 5 nitrogen and oxygen atoms in total. The van der Waals surface area contributed by atoms with Crippen molar-refractivity contribution < 1.29 is 19.4 Å². The summed E-state index contributed by atoms with van der Waals surface area (Å²) in [5, 5.41) is 9.29. The SMILES string of the molecule is CCC(Oc1ccccc1/C=C1/SC(=S)N(c2ccc(C(C)CC)cc2)C1=O)C(=O)O. The normalized spacial score (nSPS) is 17.1. The molecule has 31 heavy (non-hydrogen) atoms. The zero-order valence-electron chi connectivity index (χ0n) is 17.7. The number of rotatable bonds is 8. The number of thiocarbonyl (C=S) groups is 1. The maximum atomic E-state index is 13.1. The van der Waals surface area contributed by atoms with Crippen molar-refractivity contribution in [3.05, 3.63) is 64.6 Å². The molecule has 0 bridgehead atoms. The number of carbonyl (C=O) groups excluding carboxylic acids is 1. The molecule has 0 aliphatic carbocycles. The first kappa shape index (κ1) is 23.0. The first-order valence-corrected chi connectivity index (χ1v) is 11.4. The Hall–Kier alpha value is -2.64. The van der Waals surface area contributed by atoms with E-state index in [9.17, 15) is 14.7 Å². The van der Waals surface area contributed by atoms with E-state index >= 15 is 0 Å². The van der Waals surface area contributed by atoms with Gasteiger partial charge in [0.1, 0.15) is 5.75 Å². The highest BCUT2D eigenvalue weighted by atomic mass is 32.2. The third-order valence-electron chi connectivity index (χ3n) is 5.25. The van der Waals surface area contributed by atoms with Crippen molar-refractivity contribution in [1.82, 2.24) is 0 Å². The van der Waals surface area contributed by atoms with Gasteiger partial charge in [-0.3, -0.25) is 9.69 Å². The highest BCUT2D eigenvalue weighted by Gasteiger charge is 2.33. The zero-order valence-corrected chi connectivity index (χ0v) is 19.3. The van der Waals surface area contributed by atoms with Crippen LogP contribution in [0.5, 0.6) is 5.75 Å². The predicted octanol–water partition coefficient (Wildman–Crippen LogP) is 5.85. The largest absolute Gasteiger partial charge is 0.479 e. The van der Waals surface area contributed by atoms with Crippen molar-refractivity contribution in [2.45, 2.75) is 45.6 Å². The van der Waals surface area contributed by atoms with Crippen LogP contribution in [0.4, 0.5) is 5.69 Å². The number of amides is 1. The van der Waals surface area contributed by atoms with Gasteiger partial charge >= 0.3 is 5.97 Å². The Morgan fingerprint density at radius 2 is 1.84 bits per heavy atom. The third-order valence-corrected chi connectivity index (χ3v) is 6.55. The second kappa shape index (κ2) is 10.1. The number of benzene rings is 2. The monoisotopic (exact) mass is 455 g/mol. The minimum atomic E-state index is -1.02. The highest BCUT2D eigenvalue weighted by molar-refractivity contribution is 8.27. The van der Waals surface area contributed by atoms with Gasteiger partial charge in [-0.1, -0.05) is 75.1 Å². The number of carbonyl (C=O) groups is 2. The van der Waals surface area contributed by atoms with E-state index in [1.807, 2.05) is 30.3 Å². The van der Waals surface area contributed by atoms with Gasteiger partial charge in [-0.05, 0) is 48.6 Å². The molecule has 1 heterocycles. The molecule has 3 rings (SSSR count). The first-order chi connectivity index (χ1) is 14.8. The second-order valence-electron chi connectivity index (χ2n) is 7.31. The summed E-state index contributed by atoms with van der Waals surface area (Å²) in [6.45, 7) is 6.06. The highest BCUT2D eigenvalue weighted by Crippen LogP contribution is 2.37. The van der Waals surface area contributed by atoms with Gasteiger partial charge in [-0.2, -0.15) is 0 Å². The lowest BCUT2D eigenvalue weighted by Crippen LogP contribution is -2.27. The third kappa shape index (κ3) is 5.17. The summed E-state index contributed by atoms with van der Waals surface area (Å²) in [6, 6.07) is 15.0. The summed E-state index contributed by atoms with van der Waals surface area (Å²) in [6.07, 6.45) is 2.13. The van der Waals surface area contributed by atoms with Crippen LogP contribution < -0.4 is 9.64 Å². The number of carboxylic acids is 1. The fraction of sp³-hybridized carbons (Fsp3) is 0.292. The van der Waals surface area contributed by atoms with E-state index < -0.39 is 12.1 Å². The van der Waals surface area contributed by atoms with Gasteiger partial charge < -0.3 is 9.84 Å². The minimum absolute atomic E-state index is 0.202. The number of nitrogens with zero attached hydrogens (tertiary/aromatic N) is 1. The molecule has 1 fully saturated rings. The zero-order chi connectivity index (χ0) is 22.5. The van der Waals surface area contributed by atoms with Gasteiger partial charge in [0, 0.05) is 5.56 Å². The van der Waals surface area contributed by atoms with Crippen molar-refractivity contribution in [3.63, 3.8) is 0 Å². The van der Waals surface area contributed by atoms with Crippen LogP contribution in [0.1, 0.15) is 50.7 Å². The number of carboxylic acid groups (broad SMARTS) is 1. The van der Waals surface area contributed by atoms with Crippen LogP contribution >= 0.6 is 24.0 Å². The number of ether oxygens (including phenoxy) is 1. The quantitative estimate of drug-likeness (QED) is 0.398. The van der Waals surface area contributed by atoms with E-state index in [-0.39, 0.29) is 5.91 Å². The fourth-order valence-corrected chi connectivity index (χ4v) is 4.48. The van der Waals surface area contributed by atoms with E-state index in [2.05, 4.69) is 13.8 Å². The Balaban J connectivity index is 1.87. The molecule has 2 aromatic carbocycles. The number of aliphatic carboxylic acids is 1. The Bertz CT molecular complexity index is 1020. The molecule has 2 unspecified atom stereocenters. The lowest BCUT2D eigenvalue weighted by Gasteiger charge is -2.16. The van der Waals surface area contributed by atoms with Gasteiger partial charge in [0.05, 0.1) is 10.6 Å². The summed E-state index contributed by atoms with van der Waals surface area (Å²) in [7, 11) is 0. The van der Waals surface area contributed by atoms with Crippen LogP contribution in [-0.4, -0.2) is 27.4 Å². The van der Waals surface area contributed by atoms with Crippen LogP contribution in [0, 0.1) is 0 Å². The smallest absolute Gasteiger partial charge is 0.344 e. The van der Waals surface area contributed by atoms with Crippen LogP contribution in [-0.2, 0) is 9.59 Å². The molecule has 0 saturated carbocycles. The Morgan fingerprint density at radius 1 is 1.16 bits per heavy atom. The molecule has 1 amide bonds. The topological polar surface area (TPSA) is 66.8 Å². The van der Waals surface area contributed by atoms with E-state index in [1.165, 1.54) is 22.2 Å². The van der Waals surface area contributed by atoms with E-state index in [4.69, 9.17) is 17.0 Å². The second-order valence-corrected chi connectivity index (χ2v) is 8.98. The van der Waals surface area contributed by atoms with Crippen molar-refractivity contribution in [2.24, 2.45) is 0 Å². The molecule has 162 valence electrons. The lowest BCUT2D eigenvalue weighted by molar-refractivity contribution is -0.145. The fourth-order valence-electron chi connectivity index (χ4n) is 3.19. The van der Waals surface area contributed by atoms with E-state index in [0.717, 1.165) is 12.1 Å². The van der Waals surface area contributed by atoms with Crippen LogP contribution in [0.2, 0.25) is 0 Å². The average Bonchev–Trinajstić information content (AvgIpc) is 3.05. The summed E-state index contributed by atoms with van der Waals surface area (Å²) in [4.78, 5) is 26.5. The summed E-state index contributed by atoms with van der Waals surface area (Å²) in [5.41, 5.74) is 2.59. The summed E-state index contributed by atoms with van der Waals surface area (Å²) in [5.74, 6) is -0.356. The maximum absolute atomic E-state index is 13.1. The number of para-hydroxylation sites is 1. The standard InChI is InChI=1S/C24H25NO4S2/c1-4-15(3)16-10-12-18(13-11-16)25-22(26)21(31-24(25)30)14-17-8-6-7-9-20(17)29-19(5-2)23(27)28/h6-15,19H,4-5H2,1-3H3,(H,27,28)/b21-14+. The number of thioether (sulfide) groups is 1. The molecule has 2 atom stereocenters. The van der Waals surface area contributed by atoms with Gasteiger partial charge in [0.2, 0.25) is 0 Å². The van der Waals surface area contributed by atoms with E-state index in [1.54, 1.807) is 31.2 Å². The molecular formula is C24H25NO4S2. The molecule has 0 spiro atoms. The molecule has 0 radical (unpaired) electrons. The van der Waals surface area contributed by atoms with Gasteiger partial charge in [-0.25, -0.2) is 4.79 Å². The number of anilines is 1. The number of hydrogen-bond donors (Lipinski definition) is 1. The van der Waals surface area contributed by atoms with E-state index in [0.29, 0.717) is 32.9 Å². The molecule has 1 saturated heterocycles. The summed E-state index contributed by atoms with van der Waals surface area (Å²) < 4.78 is 6.14. The Labute approximate surface area is 192 Å². The molecule has 7 heteroatoms. The molecule has 2 aromatic rings. The van der Waals surface area contributed by atoms with Gasteiger partial charge in [-0.15, -0.1) is 0 Å². The van der Waals surface area contributed by atoms with Crippen LogP contribution in [0.25, 0.3) is 6.08 Å². The Kier molecular flexibility index (Phi) is 7.51. The maximum Gasteiger partial charge on any atom is 0.344 e. The van der Waals surface area contributed by atoms with Gasteiger partial charge in [0.25, 0.3) is 5.91 Å². The van der Waals surface area contributed by atoms with Gasteiger partial charge in [0.15, 0.2) is 10.4 Å². The molecule has 1 N–H and O–H groups in total. The number of hydrogen-bond acceptors (Lipinski definition) is 5. The van der Waals surface area contributed by atoms with Crippen molar-refractivity contribution in [3.8, 4) is 5.75 Å². The van der Waals surface area contributed by atoms with Crippen LogP contribution in [0.15, 0.2) is 53.4 Å². The molecular weight excluding hydrogens is 430 g/mol. The summed E-state index contributed by atoms with van der Waals surface area (Å²) >= 11 is 6.70. The predicted molar refractivity (Wildman–Crippen MR) is 130 cm³/mol. The average molecular weight is 456 g/mol. The molecule has 0 aromatic heterocycles. The lowest BCUT2D eigenvalue weighted by atomic mass is 9.98. The van der Waals surface area contributed by atoms with Crippen molar-refractivity contribution in [1.29, 1.82) is 0 Å². The Morgan fingerprint density at radius 3 is 2.45 bits per heavy atom. The molecule has 1 aliphatic heterocycles. The van der Waals surface area contributed by atoms with Crippen molar-refractivity contribution >= 4 is 51.9 Å². The van der Waals surface area contributed by atoms with Crippen molar-refractivity contribution in [2.75, 3.05) is 4.90 Å². The van der Waals surface area contributed by atoms with Crippen LogP contribution in [0.3, 0.4) is 0 Å².